The van der Waals surface area contributed by atoms with Crippen LogP contribution in [0.3, 0.4) is 0 Å². The number of anilines is 2. The first kappa shape index (κ1) is 16.1. The molecule has 7 heteroatoms. The first-order valence-corrected chi connectivity index (χ1v) is 8.78. The lowest BCUT2D eigenvalue weighted by atomic mass is 10.0. The summed E-state index contributed by atoms with van der Waals surface area (Å²) < 4.78 is 5.64. The number of hydrogen-bond acceptors (Lipinski definition) is 7. The third-order valence-electron chi connectivity index (χ3n) is 4.79. The van der Waals surface area contributed by atoms with Crippen molar-refractivity contribution in [2.45, 2.75) is 13.0 Å². The van der Waals surface area contributed by atoms with Gasteiger partial charge in [0.25, 0.3) is 0 Å². The maximum atomic E-state index is 5.64. The monoisotopic (exact) mass is 340 g/mol. The van der Waals surface area contributed by atoms with Gasteiger partial charge in [0.05, 0.1) is 24.0 Å². The van der Waals surface area contributed by atoms with Crippen molar-refractivity contribution in [3.05, 3.63) is 41.9 Å². The molecule has 2 aliphatic rings. The highest BCUT2D eigenvalue weighted by Crippen LogP contribution is 2.35. The number of nitrogens with one attached hydrogen (secondary N) is 2. The van der Waals surface area contributed by atoms with E-state index in [1.165, 1.54) is 0 Å². The molecule has 1 atom stereocenters. The number of nitrogens with zero attached hydrogens (tertiary/aromatic N) is 4. The van der Waals surface area contributed by atoms with Gasteiger partial charge in [0, 0.05) is 37.8 Å². The molecule has 132 valence electrons. The summed E-state index contributed by atoms with van der Waals surface area (Å²) in [4.78, 5) is 13.7. The van der Waals surface area contributed by atoms with Crippen LogP contribution in [0.2, 0.25) is 0 Å². The molecule has 1 saturated heterocycles. The molecule has 1 aromatic carbocycles. The second-order valence-electron chi connectivity index (χ2n) is 6.48. The number of likely N-dealkylation sites (N-methyl/N-ethyl adjacent to an activating group) is 1. The van der Waals surface area contributed by atoms with Gasteiger partial charge in [-0.1, -0.05) is 0 Å². The molecule has 0 bridgehead atoms. The molecule has 0 radical (unpaired) electrons. The van der Waals surface area contributed by atoms with Crippen LogP contribution in [0, 0.1) is 0 Å². The number of aromatic nitrogens is 2. The summed E-state index contributed by atoms with van der Waals surface area (Å²) in [6, 6.07) is 8.18. The van der Waals surface area contributed by atoms with Crippen molar-refractivity contribution in [3.63, 3.8) is 0 Å². The van der Waals surface area contributed by atoms with Gasteiger partial charge in [-0.3, -0.25) is 0 Å². The molecule has 3 heterocycles. The fourth-order valence-corrected chi connectivity index (χ4v) is 3.34. The molecule has 0 saturated carbocycles. The van der Waals surface area contributed by atoms with Crippen LogP contribution < -0.4 is 20.5 Å². The highest BCUT2D eigenvalue weighted by atomic mass is 16.5. The number of piperazine rings is 1. The molecule has 1 aromatic heterocycles. The second-order valence-corrected chi connectivity index (χ2v) is 6.48. The zero-order valence-corrected chi connectivity index (χ0v) is 14.7. The van der Waals surface area contributed by atoms with Crippen molar-refractivity contribution in [2.75, 3.05) is 50.2 Å². The lowest BCUT2D eigenvalue weighted by Gasteiger charge is -2.33. The molecule has 2 aliphatic heterocycles. The van der Waals surface area contributed by atoms with Gasteiger partial charge in [0.1, 0.15) is 17.9 Å². The normalized spacial score (nSPS) is 20.2. The zero-order chi connectivity index (χ0) is 17.2. The van der Waals surface area contributed by atoms with Crippen molar-refractivity contribution >= 4 is 11.5 Å². The summed E-state index contributed by atoms with van der Waals surface area (Å²) >= 11 is 0. The van der Waals surface area contributed by atoms with Gasteiger partial charge in [-0.05, 0) is 32.2 Å². The van der Waals surface area contributed by atoms with Crippen LogP contribution in [-0.2, 0) is 0 Å². The summed E-state index contributed by atoms with van der Waals surface area (Å²) in [6.07, 6.45) is 1.66. The van der Waals surface area contributed by atoms with Gasteiger partial charge in [0.2, 0.25) is 0 Å². The van der Waals surface area contributed by atoms with E-state index in [0.29, 0.717) is 6.61 Å². The van der Waals surface area contributed by atoms with Crippen LogP contribution >= 0.6 is 0 Å². The smallest absolute Gasteiger partial charge is 0.132 e. The molecule has 25 heavy (non-hydrogen) atoms. The summed E-state index contributed by atoms with van der Waals surface area (Å²) in [5, 5.41) is 0. The summed E-state index contributed by atoms with van der Waals surface area (Å²) in [7, 11) is 2.16. The predicted molar refractivity (Wildman–Crippen MR) is 98.0 cm³/mol. The molecule has 0 aliphatic carbocycles. The van der Waals surface area contributed by atoms with Crippen LogP contribution in [0.5, 0.6) is 5.75 Å². The summed E-state index contributed by atoms with van der Waals surface area (Å²) in [5.41, 5.74) is 9.73. The van der Waals surface area contributed by atoms with E-state index in [-0.39, 0.29) is 6.04 Å². The largest absolute Gasteiger partial charge is 0.494 e. The number of hydrogen-bond donors (Lipinski definition) is 2. The van der Waals surface area contributed by atoms with E-state index in [1.54, 1.807) is 6.33 Å². The molecule has 2 aromatic rings. The molecular weight excluding hydrogens is 316 g/mol. The molecule has 0 unspecified atom stereocenters. The number of rotatable bonds is 4. The summed E-state index contributed by atoms with van der Waals surface area (Å²) in [6.45, 7) is 6.76. The minimum Gasteiger partial charge on any atom is -0.494 e. The van der Waals surface area contributed by atoms with Gasteiger partial charge in [-0.15, -0.1) is 0 Å². The lowest BCUT2D eigenvalue weighted by molar-refractivity contribution is 0.312. The van der Waals surface area contributed by atoms with Gasteiger partial charge >= 0.3 is 0 Å². The Hall–Kier alpha value is -2.38. The standard InChI is InChI=1S/C18H24N6O/c1-3-25-13-4-5-15-14(10-13)18(22-21-15)16-11-17(20-12-19-16)24-8-6-23(2)7-9-24/h4-5,10-12,18,21-22H,3,6-9H2,1-2H3/t18-/m1/s1. The molecule has 1 fully saturated rings. The van der Waals surface area contributed by atoms with Crippen molar-refractivity contribution in [2.24, 2.45) is 0 Å². The number of ether oxygens (including phenoxy) is 1. The minimum atomic E-state index is -0.00961. The van der Waals surface area contributed by atoms with Gasteiger partial charge < -0.3 is 20.0 Å². The van der Waals surface area contributed by atoms with Crippen molar-refractivity contribution in [3.8, 4) is 5.75 Å². The highest BCUT2D eigenvalue weighted by Gasteiger charge is 2.26. The lowest BCUT2D eigenvalue weighted by Crippen LogP contribution is -2.44. The second kappa shape index (κ2) is 6.85. The fraction of sp³-hybridized carbons (Fsp3) is 0.444. The van der Waals surface area contributed by atoms with Crippen molar-refractivity contribution in [1.29, 1.82) is 0 Å². The fourth-order valence-electron chi connectivity index (χ4n) is 3.34. The third-order valence-corrected chi connectivity index (χ3v) is 4.79. The molecular formula is C18H24N6O. The number of fused-ring (bicyclic) bond motifs is 1. The number of hydrazine groups is 1. The third kappa shape index (κ3) is 3.25. The average molecular weight is 340 g/mol. The summed E-state index contributed by atoms with van der Waals surface area (Å²) in [5.74, 6) is 1.87. The zero-order valence-electron chi connectivity index (χ0n) is 14.7. The topological polar surface area (TPSA) is 65.5 Å². The maximum absolute atomic E-state index is 5.64. The van der Waals surface area contributed by atoms with Gasteiger partial charge in [0.15, 0.2) is 0 Å². The Labute approximate surface area is 148 Å². The Morgan fingerprint density at radius 3 is 2.80 bits per heavy atom. The Bertz CT molecular complexity index is 744. The first-order chi connectivity index (χ1) is 12.2. The van der Waals surface area contributed by atoms with E-state index in [0.717, 1.165) is 54.7 Å². The first-order valence-electron chi connectivity index (χ1n) is 8.78. The SMILES string of the molecule is CCOc1ccc2c(c1)[C@H](c1cc(N3CCN(C)CC3)ncn1)NN2. The van der Waals surface area contributed by atoms with Crippen LogP contribution in [0.25, 0.3) is 0 Å². The van der Waals surface area contributed by atoms with E-state index >= 15 is 0 Å². The minimum absolute atomic E-state index is 0.00961. The highest BCUT2D eigenvalue weighted by molar-refractivity contribution is 5.60. The van der Waals surface area contributed by atoms with E-state index < -0.39 is 0 Å². The Balaban J connectivity index is 1.59. The molecule has 0 spiro atoms. The van der Waals surface area contributed by atoms with Crippen molar-refractivity contribution in [1.82, 2.24) is 20.3 Å². The molecule has 4 rings (SSSR count). The van der Waals surface area contributed by atoms with E-state index in [1.807, 2.05) is 19.1 Å². The van der Waals surface area contributed by atoms with Crippen LogP contribution in [0.1, 0.15) is 24.2 Å². The molecule has 2 N–H and O–H groups in total. The Morgan fingerprint density at radius 1 is 1.16 bits per heavy atom. The molecule has 7 nitrogen and oxygen atoms in total. The average Bonchev–Trinajstić information content (AvgIpc) is 3.06. The number of benzene rings is 1. The van der Waals surface area contributed by atoms with E-state index in [9.17, 15) is 0 Å². The molecule has 0 amide bonds. The van der Waals surface area contributed by atoms with Gasteiger partial charge in [-0.2, -0.15) is 0 Å². The Kier molecular flexibility index (Phi) is 4.42. The van der Waals surface area contributed by atoms with Gasteiger partial charge in [-0.25, -0.2) is 15.4 Å². The van der Waals surface area contributed by atoms with Crippen LogP contribution in [-0.4, -0.2) is 54.7 Å². The Morgan fingerprint density at radius 2 is 2.00 bits per heavy atom. The van der Waals surface area contributed by atoms with Crippen molar-refractivity contribution < 1.29 is 4.74 Å². The van der Waals surface area contributed by atoms with E-state index in [2.05, 4.69) is 49.8 Å². The predicted octanol–water partition coefficient (Wildman–Crippen LogP) is 1.65. The van der Waals surface area contributed by atoms with Crippen LogP contribution in [0.15, 0.2) is 30.6 Å². The van der Waals surface area contributed by atoms with E-state index in [4.69, 9.17) is 4.74 Å². The van der Waals surface area contributed by atoms with Crippen LogP contribution in [0.4, 0.5) is 11.5 Å². The maximum Gasteiger partial charge on any atom is 0.132 e. The quantitative estimate of drug-likeness (QED) is 0.877.